The van der Waals surface area contributed by atoms with Crippen LogP contribution >= 0.6 is 36.2 Å². The third-order valence-electron chi connectivity index (χ3n) is 6.20. The molecule has 4 N–H and O–H groups in total. The lowest BCUT2D eigenvalue weighted by Crippen LogP contribution is -2.29. The van der Waals surface area contributed by atoms with Crippen LogP contribution in [0.1, 0.15) is 61.8 Å². The fourth-order valence-electron chi connectivity index (χ4n) is 4.04. The van der Waals surface area contributed by atoms with Gasteiger partial charge in [0.15, 0.2) is 0 Å². The van der Waals surface area contributed by atoms with E-state index in [2.05, 4.69) is 22.5 Å². The minimum Gasteiger partial charge on any atom is -0.456 e. The maximum atomic E-state index is 12.8. The quantitative estimate of drug-likeness (QED) is 0.139. The monoisotopic (exact) mass is 594 g/mol. The summed E-state index contributed by atoms with van der Waals surface area (Å²) in [5, 5.41) is 8.77. The summed E-state index contributed by atoms with van der Waals surface area (Å²) in [6.45, 7) is 5.48. The number of carbonyl (C=O) groups excluding carboxylic acids is 2. The molecule has 1 heterocycles. The molecule has 2 atom stereocenters. The Morgan fingerprint density at radius 3 is 2.38 bits per heavy atom. The highest BCUT2D eigenvalue weighted by molar-refractivity contribution is 7.10. The highest BCUT2D eigenvalue weighted by Gasteiger charge is 2.22. The standard InChI is InChI=1S/C29H38N4O3S.2ClH/c1-3-5-9-22(4-2)29(35)36-25(23-10-7-6-8-11-23)19-31-17-16-21-12-14-24(15-13-21)32-27(34)18-28-33-26(30)20-37-28;;/h6-8,10-15,20,22,25,31H,3-5,9,16-19,30H2,1-2H3,(H,32,34);2*1H/t22?,25-;;/m0../s1. The summed E-state index contributed by atoms with van der Waals surface area (Å²) < 4.78 is 5.98. The molecule has 0 saturated carbocycles. The third-order valence-corrected chi connectivity index (χ3v) is 7.07. The number of carbonyl (C=O) groups is 2. The Kier molecular flexibility index (Phi) is 16.4. The Bertz CT molecular complexity index is 1110. The van der Waals surface area contributed by atoms with Gasteiger partial charge in [0.25, 0.3) is 0 Å². The van der Waals surface area contributed by atoms with Crippen LogP contribution in [0.15, 0.2) is 60.0 Å². The van der Waals surface area contributed by atoms with Crippen molar-refractivity contribution in [3.05, 3.63) is 76.1 Å². The van der Waals surface area contributed by atoms with Crippen LogP contribution in [0.3, 0.4) is 0 Å². The number of ether oxygens (including phenoxy) is 1. The smallest absolute Gasteiger partial charge is 0.309 e. The van der Waals surface area contributed by atoms with E-state index in [9.17, 15) is 9.59 Å². The molecular formula is C29H40Cl2N4O3S. The van der Waals surface area contributed by atoms with Gasteiger partial charge in [-0.2, -0.15) is 0 Å². The van der Waals surface area contributed by atoms with Gasteiger partial charge in [0.05, 0.1) is 12.3 Å². The lowest BCUT2D eigenvalue weighted by molar-refractivity contribution is -0.154. The molecule has 1 amide bonds. The van der Waals surface area contributed by atoms with Crippen molar-refractivity contribution in [1.29, 1.82) is 0 Å². The number of nitrogens with one attached hydrogen (secondary N) is 2. The molecule has 0 spiro atoms. The maximum absolute atomic E-state index is 12.8. The van der Waals surface area contributed by atoms with Gasteiger partial charge >= 0.3 is 5.97 Å². The highest BCUT2D eigenvalue weighted by Crippen LogP contribution is 2.22. The van der Waals surface area contributed by atoms with Gasteiger partial charge < -0.3 is 21.1 Å². The molecule has 0 bridgehead atoms. The van der Waals surface area contributed by atoms with Gasteiger partial charge in [0, 0.05) is 17.6 Å². The second-order valence-electron chi connectivity index (χ2n) is 9.13. The molecule has 0 aliphatic heterocycles. The normalized spacial score (nSPS) is 11.9. The zero-order valence-electron chi connectivity index (χ0n) is 22.6. The molecular weight excluding hydrogens is 555 g/mol. The number of esters is 1. The molecule has 0 aliphatic carbocycles. The van der Waals surface area contributed by atoms with E-state index in [1.165, 1.54) is 11.3 Å². The molecule has 0 saturated heterocycles. The third kappa shape index (κ3) is 12.0. The van der Waals surface area contributed by atoms with Gasteiger partial charge in [-0.15, -0.1) is 36.2 Å². The number of hydrogen-bond donors (Lipinski definition) is 3. The van der Waals surface area contributed by atoms with Gasteiger partial charge in [-0.25, -0.2) is 4.98 Å². The number of anilines is 2. The van der Waals surface area contributed by atoms with Crippen molar-refractivity contribution < 1.29 is 14.3 Å². The predicted molar refractivity (Wildman–Crippen MR) is 165 cm³/mol. The van der Waals surface area contributed by atoms with Gasteiger partial charge in [-0.1, -0.05) is 69.2 Å². The largest absolute Gasteiger partial charge is 0.456 e. The summed E-state index contributed by atoms with van der Waals surface area (Å²) in [5.41, 5.74) is 8.51. The second-order valence-corrected chi connectivity index (χ2v) is 10.1. The number of nitrogens with two attached hydrogens (primary N) is 1. The maximum Gasteiger partial charge on any atom is 0.309 e. The predicted octanol–water partition coefficient (Wildman–Crippen LogP) is 6.38. The fraction of sp³-hybridized carbons (Fsp3) is 0.414. The molecule has 1 aromatic heterocycles. The molecule has 7 nitrogen and oxygen atoms in total. The molecule has 2 aromatic carbocycles. The number of thiazole rings is 1. The summed E-state index contributed by atoms with van der Waals surface area (Å²) in [4.78, 5) is 29.2. The molecule has 214 valence electrons. The minimum absolute atomic E-state index is 0. The topological polar surface area (TPSA) is 106 Å². The molecule has 0 aliphatic rings. The first kappa shape index (κ1) is 34.4. The zero-order chi connectivity index (χ0) is 26.5. The first-order valence-corrected chi connectivity index (χ1v) is 13.9. The van der Waals surface area contributed by atoms with Gasteiger partial charge in [0.2, 0.25) is 5.91 Å². The molecule has 0 fully saturated rings. The Labute approximate surface area is 248 Å². The zero-order valence-corrected chi connectivity index (χ0v) is 25.0. The number of nitrogen functional groups attached to an aromatic ring is 1. The first-order valence-electron chi connectivity index (χ1n) is 13.0. The summed E-state index contributed by atoms with van der Waals surface area (Å²) in [5.74, 6) is 0.161. The van der Waals surface area contributed by atoms with E-state index in [1.807, 2.05) is 61.5 Å². The molecule has 0 radical (unpaired) electrons. The Balaban J connectivity index is 0.00000380. The van der Waals surface area contributed by atoms with Crippen LogP contribution in [0.25, 0.3) is 0 Å². The van der Waals surface area contributed by atoms with Gasteiger partial charge in [-0.3, -0.25) is 9.59 Å². The number of amides is 1. The van der Waals surface area contributed by atoms with Crippen molar-refractivity contribution in [3.63, 3.8) is 0 Å². The molecule has 3 aromatic rings. The van der Waals surface area contributed by atoms with E-state index >= 15 is 0 Å². The van der Waals surface area contributed by atoms with E-state index < -0.39 is 0 Å². The molecule has 1 unspecified atom stereocenters. The number of halogens is 2. The van der Waals surface area contributed by atoms with Crippen LogP contribution in [-0.2, 0) is 27.2 Å². The van der Waals surface area contributed by atoms with E-state index in [4.69, 9.17) is 10.5 Å². The van der Waals surface area contributed by atoms with Crippen LogP contribution in [0.4, 0.5) is 11.5 Å². The van der Waals surface area contributed by atoms with E-state index in [0.29, 0.717) is 17.4 Å². The van der Waals surface area contributed by atoms with Crippen molar-refractivity contribution in [3.8, 4) is 0 Å². The summed E-state index contributed by atoms with van der Waals surface area (Å²) >= 11 is 1.38. The lowest BCUT2D eigenvalue weighted by atomic mass is 9.99. The van der Waals surface area contributed by atoms with Crippen LogP contribution < -0.4 is 16.4 Å². The minimum atomic E-state index is -0.324. The van der Waals surface area contributed by atoms with E-state index in [0.717, 1.165) is 55.5 Å². The molecule has 3 rings (SSSR count). The van der Waals surface area contributed by atoms with Crippen molar-refractivity contribution in [2.24, 2.45) is 5.92 Å². The Morgan fingerprint density at radius 1 is 1.05 bits per heavy atom. The number of benzene rings is 2. The van der Waals surface area contributed by atoms with Crippen molar-refractivity contribution in [2.45, 2.75) is 58.5 Å². The fourth-order valence-corrected chi connectivity index (χ4v) is 4.72. The SMILES string of the molecule is CCCCC(CC)C(=O)O[C@@H](CNCCc1ccc(NC(=O)Cc2nc(N)cs2)cc1)c1ccccc1.Cl.Cl. The van der Waals surface area contributed by atoms with Crippen LogP contribution in [0.2, 0.25) is 0 Å². The van der Waals surface area contributed by atoms with Crippen LogP contribution in [0, 0.1) is 5.92 Å². The van der Waals surface area contributed by atoms with Crippen LogP contribution in [0.5, 0.6) is 0 Å². The number of unbranched alkanes of at least 4 members (excludes halogenated alkanes) is 1. The van der Waals surface area contributed by atoms with Gasteiger partial charge in [0.1, 0.15) is 16.9 Å². The first-order chi connectivity index (χ1) is 18.0. The number of hydrogen-bond acceptors (Lipinski definition) is 7. The Morgan fingerprint density at radius 2 is 1.77 bits per heavy atom. The average molecular weight is 596 g/mol. The average Bonchev–Trinajstić information content (AvgIpc) is 3.31. The molecule has 39 heavy (non-hydrogen) atoms. The van der Waals surface area contributed by atoms with E-state index in [-0.39, 0.29) is 55.1 Å². The van der Waals surface area contributed by atoms with Crippen molar-refractivity contribution in [2.75, 3.05) is 24.1 Å². The number of nitrogens with zero attached hydrogens (tertiary/aromatic N) is 1. The van der Waals surface area contributed by atoms with Gasteiger partial charge in [-0.05, 0) is 49.1 Å². The second kappa shape index (κ2) is 18.6. The van der Waals surface area contributed by atoms with Crippen LogP contribution in [-0.4, -0.2) is 29.9 Å². The number of rotatable bonds is 15. The van der Waals surface area contributed by atoms with Crippen molar-refractivity contribution >= 4 is 59.5 Å². The number of aromatic nitrogens is 1. The Hall–Kier alpha value is -2.65. The summed E-state index contributed by atoms with van der Waals surface area (Å²) in [7, 11) is 0. The lowest BCUT2D eigenvalue weighted by Gasteiger charge is -2.22. The highest BCUT2D eigenvalue weighted by atomic mass is 35.5. The van der Waals surface area contributed by atoms with Crippen molar-refractivity contribution in [1.82, 2.24) is 10.3 Å². The summed E-state index contributed by atoms with van der Waals surface area (Å²) in [6, 6.07) is 17.7. The summed E-state index contributed by atoms with van der Waals surface area (Å²) in [6.07, 6.45) is 4.47. The van der Waals surface area contributed by atoms with E-state index in [1.54, 1.807) is 5.38 Å². The molecule has 10 heteroatoms.